The van der Waals surface area contributed by atoms with Gasteiger partial charge in [-0.05, 0) is 31.4 Å². The van der Waals surface area contributed by atoms with Gasteiger partial charge in [-0.25, -0.2) is 9.97 Å². The van der Waals surface area contributed by atoms with Gasteiger partial charge in [0.1, 0.15) is 5.82 Å². The molecular formula is C11H18N4OS. The first kappa shape index (κ1) is 13.9. The lowest BCUT2D eigenvalue weighted by atomic mass is 10.2. The minimum absolute atomic E-state index is 0.129. The predicted molar refractivity (Wildman–Crippen MR) is 69.6 cm³/mol. The zero-order chi connectivity index (χ0) is 12.7. The van der Waals surface area contributed by atoms with Crippen LogP contribution in [0.5, 0.6) is 0 Å². The maximum absolute atomic E-state index is 11.6. The van der Waals surface area contributed by atoms with Crippen molar-refractivity contribution in [3.63, 3.8) is 0 Å². The highest BCUT2D eigenvalue weighted by atomic mass is 32.2. The van der Waals surface area contributed by atoms with Crippen LogP contribution in [-0.4, -0.2) is 33.9 Å². The topological polar surface area (TPSA) is 80.9 Å². The van der Waals surface area contributed by atoms with Gasteiger partial charge in [0.2, 0.25) is 5.91 Å². The van der Waals surface area contributed by atoms with Gasteiger partial charge in [-0.3, -0.25) is 4.79 Å². The van der Waals surface area contributed by atoms with Crippen LogP contribution in [0.3, 0.4) is 0 Å². The molecule has 17 heavy (non-hydrogen) atoms. The van der Waals surface area contributed by atoms with E-state index in [1.54, 1.807) is 24.0 Å². The number of carbonyl (C=O) groups is 1. The van der Waals surface area contributed by atoms with Crippen LogP contribution in [0.15, 0.2) is 12.3 Å². The van der Waals surface area contributed by atoms with Gasteiger partial charge < -0.3 is 11.1 Å². The van der Waals surface area contributed by atoms with E-state index in [0.717, 1.165) is 11.4 Å². The lowest BCUT2D eigenvalue weighted by molar-refractivity contribution is -0.122. The van der Waals surface area contributed by atoms with E-state index in [9.17, 15) is 4.79 Å². The minimum Gasteiger partial charge on any atom is -0.349 e. The number of carbonyl (C=O) groups excluding carboxylic acids is 1. The minimum atomic E-state index is -0.439. The molecule has 3 N–H and O–H groups in total. The number of nitrogens with one attached hydrogen (secondary N) is 1. The molecule has 0 spiro atoms. The monoisotopic (exact) mass is 254 g/mol. The molecule has 0 aliphatic heterocycles. The maximum Gasteiger partial charge on any atom is 0.237 e. The number of rotatable bonds is 6. The molecule has 1 aromatic rings. The fourth-order valence-electron chi connectivity index (χ4n) is 1.29. The molecule has 1 atom stereocenters. The first-order valence-electron chi connectivity index (χ1n) is 5.44. The summed E-state index contributed by atoms with van der Waals surface area (Å²) in [4.78, 5) is 19.8. The van der Waals surface area contributed by atoms with Crippen LogP contribution >= 0.6 is 11.8 Å². The second-order valence-corrected chi connectivity index (χ2v) is 4.69. The van der Waals surface area contributed by atoms with E-state index in [-0.39, 0.29) is 5.91 Å². The van der Waals surface area contributed by atoms with Gasteiger partial charge in [-0.15, -0.1) is 0 Å². The van der Waals surface area contributed by atoms with Crippen LogP contribution in [-0.2, 0) is 11.3 Å². The Morgan fingerprint density at radius 1 is 1.65 bits per heavy atom. The van der Waals surface area contributed by atoms with Gasteiger partial charge in [0.15, 0.2) is 0 Å². The zero-order valence-electron chi connectivity index (χ0n) is 10.1. The van der Waals surface area contributed by atoms with E-state index in [1.807, 2.05) is 13.2 Å². The average Bonchev–Trinajstić information content (AvgIpc) is 2.33. The third-order valence-electron chi connectivity index (χ3n) is 2.25. The molecule has 0 saturated heterocycles. The molecule has 0 saturated carbocycles. The van der Waals surface area contributed by atoms with Crippen LogP contribution < -0.4 is 11.1 Å². The largest absolute Gasteiger partial charge is 0.349 e. The standard InChI is InChI=1S/C11H18N4OS/c1-8-13-5-3-9(15-8)7-14-11(16)10(12)4-6-17-2/h3,5,10H,4,6-7,12H2,1-2H3,(H,14,16)/t10-/m0/s1. The first-order valence-corrected chi connectivity index (χ1v) is 6.83. The van der Waals surface area contributed by atoms with Crippen LogP contribution in [0.4, 0.5) is 0 Å². The molecule has 1 amide bonds. The second-order valence-electron chi connectivity index (χ2n) is 3.70. The van der Waals surface area contributed by atoms with Crippen molar-refractivity contribution in [1.29, 1.82) is 0 Å². The fourth-order valence-corrected chi connectivity index (χ4v) is 1.78. The Bertz CT molecular complexity index is 372. The lowest BCUT2D eigenvalue weighted by Crippen LogP contribution is -2.40. The van der Waals surface area contributed by atoms with Gasteiger partial charge in [0, 0.05) is 6.20 Å². The quantitative estimate of drug-likeness (QED) is 0.772. The molecular weight excluding hydrogens is 236 g/mol. The summed E-state index contributed by atoms with van der Waals surface area (Å²) in [6.45, 7) is 2.21. The molecule has 1 aromatic heterocycles. The van der Waals surface area contributed by atoms with Crippen LogP contribution in [0.2, 0.25) is 0 Å². The Kier molecular flexibility index (Phi) is 5.93. The van der Waals surface area contributed by atoms with Crippen molar-refractivity contribution < 1.29 is 4.79 Å². The zero-order valence-corrected chi connectivity index (χ0v) is 11.0. The maximum atomic E-state index is 11.6. The van der Waals surface area contributed by atoms with E-state index >= 15 is 0 Å². The third kappa shape index (κ3) is 5.14. The normalized spacial score (nSPS) is 12.2. The number of aromatic nitrogens is 2. The van der Waals surface area contributed by atoms with Gasteiger partial charge in [0.05, 0.1) is 18.3 Å². The van der Waals surface area contributed by atoms with Gasteiger partial charge >= 0.3 is 0 Å². The Morgan fingerprint density at radius 2 is 2.41 bits per heavy atom. The Morgan fingerprint density at radius 3 is 3.06 bits per heavy atom. The highest BCUT2D eigenvalue weighted by Gasteiger charge is 2.12. The number of thioether (sulfide) groups is 1. The molecule has 0 radical (unpaired) electrons. The highest BCUT2D eigenvalue weighted by Crippen LogP contribution is 1.99. The second kappa shape index (κ2) is 7.24. The van der Waals surface area contributed by atoms with Crippen molar-refractivity contribution in [3.05, 3.63) is 23.8 Å². The summed E-state index contributed by atoms with van der Waals surface area (Å²) in [6, 6.07) is 1.34. The van der Waals surface area contributed by atoms with Gasteiger partial charge in [-0.2, -0.15) is 11.8 Å². The van der Waals surface area contributed by atoms with E-state index in [0.29, 0.717) is 18.8 Å². The molecule has 0 unspecified atom stereocenters. The highest BCUT2D eigenvalue weighted by molar-refractivity contribution is 7.98. The van der Waals surface area contributed by atoms with Crippen molar-refractivity contribution in [3.8, 4) is 0 Å². The molecule has 6 heteroatoms. The predicted octanol–water partition coefficient (Wildman–Crippen LogP) is 0.482. The van der Waals surface area contributed by atoms with Crippen molar-refractivity contribution in [2.75, 3.05) is 12.0 Å². The summed E-state index contributed by atoms with van der Waals surface area (Å²) in [5, 5.41) is 2.77. The van der Waals surface area contributed by atoms with Crippen molar-refractivity contribution in [2.24, 2.45) is 5.73 Å². The number of hydrogen-bond donors (Lipinski definition) is 2. The van der Waals surface area contributed by atoms with Gasteiger partial charge in [0.25, 0.3) is 0 Å². The van der Waals surface area contributed by atoms with Crippen LogP contribution in [0.1, 0.15) is 17.9 Å². The van der Waals surface area contributed by atoms with Crippen LogP contribution in [0, 0.1) is 6.92 Å². The number of aryl methyl sites for hydroxylation is 1. The SMILES string of the molecule is CSCC[C@H](N)C(=O)NCc1ccnc(C)n1. The molecule has 0 fully saturated rings. The summed E-state index contributed by atoms with van der Waals surface area (Å²) in [5.41, 5.74) is 6.53. The van der Waals surface area contributed by atoms with Crippen molar-refractivity contribution >= 4 is 17.7 Å². The van der Waals surface area contributed by atoms with E-state index in [4.69, 9.17) is 5.73 Å². The molecule has 1 heterocycles. The Hall–Kier alpha value is -1.14. The smallest absolute Gasteiger partial charge is 0.237 e. The van der Waals surface area contributed by atoms with E-state index in [1.165, 1.54) is 0 Å². The average molecular weight is 254 g/mol. The third-order valence-corrected chi connectivity index (χ3v) is 2.89. The summed E-state index contributed by atoms with van der Waals surface area (Å²) < 4.78 is 0. The molecule has 0 aliphatic carbocycles. The Balaban J connectivity index is 2.37. The summed E-state index contributed by atoms with van der Waals surface area (Å²) in [5.74, 6) is 1.46. The molecule has 1 rings (SSSR count). The number of nitrogens with zero attached hydrogens (tertiary/aromatic N) is 2. The molecule has 0 aliphatic rings. The Labute approximate surface area is 106 Å². The van der Waals surface area contributed by atoms with E-state index < -0.39 is 6.04 Å². The van der Waals surface area contributed by atoms with E-state index in [2.05, 4.69) is 15.3 Å². The van der Waals surface area contributed by atoms with Crippen molar-refractivity contribution in [1.82, 2.24) is 15.3 Å². The van der Waals surface area contributed by atoms with Crippen LogP contribution in [0.25, 0.3) is 0 Å². The number of amides is 1. The summed E-state index contributed by atoms with van der Waals surface area (Å²) >= 11 is 1.68. The molecule has 0 bridgehead atoms. The molecule has 5 nitrogen and oxygen atoms in total. The number of hydrogen-bond acceptors (Lipinski definition) is 5. The fraction of sp³-hybridized carbons (Fsp3) is 0.545. The molecule has 94 valence electrons. The summed E-state index contributed by atoms with van der Waals surface area (Å²) in [6.07, 6.45) is 4.36. The first-order chi connectivity index (χ1) is 8.13. The molecule has 0 aromatic carbocycles. The van der Waals surface area contributed by atoms with Gasteiger partial charge in [-0.1, -0.05) is 0 Å². The summed E-state index contributed by atoms with van der Waals surface area (Å²) in [7, 11) is 0. The van der Waals surface area contributed by atoms with Crippen molar-refractivity contribution in [2.45, 2.75) is 25.9 Å². The lowest BCUT2D eigenvalue weighted by Gasteiger charge is -2.11. The number of nitrogens with two attached hydrogens (primary N) is 1.